The van der Waals surface area contributed by atoms with Gasteiger partial charge in [-0.15, -0.1) is 0 Å². The molecule has 0 heterocycles. The van der Waals surface area contributed by atoms with Crippen LogP contribution in [-0.4, -0.2) is 18.6 Å². The molecule has 0 atom stereocenters. The Bertz CT molecular complexity index is 519. The van der Waals surface area contributed by atoms with E-state index in [1.165, 1.54) is 45.1 Å². The Morgan fingerprint density at radius 3 is 2.10 bits per heavy atom. The quantitative estimate of drug-likeness (QED) is 0.349. The SMILES string of the molecule is COc1c(C)c(C)c(OC)c(C/C=C(\C)CCCI)c1C. The number of rotatable bonds is 7. The molecule has 0 fully saturated rings. The van der Waals surface area contributed by atoms with Crippen LogP contribution in [-0.2, 0) is 6.42 Å². The van der Waals surface area contributed by atoms with Crippen molar-refractivity contribution < 1.29 is 9.47 Å². The summed E-state index contributed by atoms with van der Waals surface area (Å²) in [6, 6.07) is 0. The van der Waals surface area contributed by atoms with Gasteiger partial charge in [0.25, 0.3) is 0 Å². The first-order valence-electron chi connectivity index (χ1n) is 7.40. The monoisotopic (exact) mass is 402 g/mol. The number of ether oxygens (including phenoxy) is 2. The Morgan fingerprint density at radius 2 is 1.57 bits per heavy atom. The van der Waals surface area contributed by atoms with Crippen LogP contribution < -0.4 is 9.47 Å². The third kappa shape index (κ3) is 4.38. The van der Waals surface area contributed by atoms with E-state index in [1.807, 2.05) is 0 Å². The molecule has 0 N–H and O–H groups in total. The molecule has 0 unspecified atom stereocenters. The standard InChI is InChI=1S/C18H27IO2/c1-12(8-7-11-19)9-10-16-15(4)17(20-5)13(2)14(3)18(16)21-6/h9H,7-8,10-11H2,1-6H3/b12-9+. The van der Waals surface area contributed by atoms with Gasteiger partial charge >= 0.3 is 0 Å². The van der Waals surface area contributed by atoms with E-state index in [0.29, 0.717) is 0 Å². The fourth-order valence-electron chi connectivity index (χ4n) is 2.71. The molecule has 1 aromatic rings. The third-order valence-corrected chi connectivity index (χ3v) is 4.84. The number of hydrogen-bond donors (Lipinski definition) is 0. The van der Waals surface area contributed by atoms with Crippen molar-refractivity contribution in [1.29, 1.82) is 0 Å². The van der Waals surface area contributed by atoms with Crippen molar-refractivity contribution in [1.82, 2.24) is 0 Å². The molecule has 0 saturated carbocycles. The summed E-state index contributed by atoms with van der Waals surface area (Å²) in [6.45, 7) is 8.53. The van der Waals surface area contributed by atoms with Crippen LogP contribution in [0, 0.1) is 20.8 Å². The van der Waals surface area contributed by atoms with Crippen LogP contribution in [0.15, 0.2) is 11.6 Å². The van der Waals surface area contributed by atoms with Crippen molar-refractivity contribution in [3.05, 3.63) is 33.9 Å². The highest BCUT2D eigenvalue weighted by Crippen LogP contribution is 2.38. The zero-order chi connectivity index (χ0) is 16.0. The smallest absolute Gasteiger partial charge is 0.126 e. The Morgan fingerprint density at radius 1 is 1.00 bits per heavy atom. The normalized spacial score (nSPS) is 11.7. The lowest BCUT2D eigenvalue weighted by Crippen LogP contribution is -2.03. The zero-order valence-electron chi connectivity index (χ0n) is 14.1. The Balaban J connectivity index is 3.19. The molecule has 2 nitrogen and oxygen atoms in total. The van der Waals surface area contributed by atoms with Crippen molar-refractivity contribution in [3.8, 4) is 11.5 Å². The lowest BCUT2D eigenvalue weighted by Gasteiger charge is -2.20. The van der Waals surface area contributed by atoms with Crippen molar-refractivity contribution >= 4 is 22.6 Å². The number of benzene rings is 1. The second-order valence-electron chi connectivity index (χ2n) is 5.47. The highest BCUT2D eigenvalue weighted by molar-refractivity contribution is 14.1. The number of halogens is 1. The van der Waals surface area contributed by atoms with Crippen LogP contribution in [0.4, 0.5) is 0 Å². The lowest BCUT2D eigenvalue weighted by atomic mass is 9.94. The molecule has 0 aliphatic rings. The summed E-state index contributed by atoms with van der Waals surface area (Å²) < 4.78 is 12.5. The molecule has 3 heteroatoms. The molecule has 0 bridgehead atoms. The third-order valence-electron chi connectivity index (χ3n) is 4.08. The van der Waals surface area contributed by atoms with E-state index >= 15 is 0 Å². The van der Waals surface area contributed by atoms with Crippen LogP contribution in [0.25, 0.3) is 0 Å². The first kappa shape index (κ1) is 18.3. The average Bonchev–Trinajstić information content (AvgIpc) is 2.47. The van der Waals surface area contributed by atoms with Gasteiger partial charge in [-0.3, -0.25) is 0 Å². The fourth-order valence-corrected chi connectivity index (χ4v) is 3.09. The molecule has 118 valence electrons. The molecular formula is C18H27IO2. The molecule has 0 saturated heterocycles. The topological polar surface area (TPSA) is 18.5 Å². The fraction of sp³-hybridized carbons (Fsp3) is 0.556. The molecule has 21 heavy (non-hydrogen) atoms. The van der Waals surface area contributed by atoms with Gasteiger partial charge in [0.1, 0.15) is 11.5 Å². The van der Waals surface area contributed by atoms with E-state index in [9.17, 15) is 0 Å². The Labute approximate surface area is 143 Å². The molecule has 0 aliphatic heterocycles. The summed E-state index contributed by atoms with van der Waals surface area (Å²) in [4.78, 5) is 0. The van der Waals surface area contributed by atoms with Crippen molar-refractivity contribution in [2.24, 2.45) is 0 Å². The predicted molar refractivity (Wildman–Crippen MR) is 99.3 cm³/mol. The first-order valence-corrected chi connectivity index (χ1v) is 8.92. The maximum atomic E-state index is 5.66. The minimum atomic E-state index is 0.902. The summed E-state index contributed by atoms with van der Waals surface area (Å²) in [7, 11) is 3.50. The Kier molecular flexibility index (Phi) is 7.57. The van der Waals surface area contributed by atoms with Gasteiger partial charge < -0.3 is 9.47 Å². The summed E-state index contributed by atoms with van der Waals surface area (Å²) in [5.74, 6) is 1.99. The van der Waals surface area contributed by atoms with Gasteiger partial charge in [0, 0.05) is 5.56 Å². The van der Waals surface area contributed by atoms with Gasteiger partial charge in [0.05, 0.1) is 14.2 Å². The predicted octanol–water partition coefficient (Wildman–Crippen LogP) is 5.33. The number of methoxy groups -OCH3 is 2. The van der Waals surface area contributed by atoms with Crippen molar-refractivity contribution in [3.63, 3.8) is 0 Å². The number of allylic oxidation sites excluding steroid dienone is 2. The van der Waals surface area contributed by atoms with Gasteiger partial charge in [0.2, 0.25) is 0 Å². The summed E-state index contributed by atoms with van der Waals surface area (Å²) >= 11 is 2.43. The second-order valence-corrected chi connectivity index (χ2v) is 6.55. The van der Waals surface area contributed by atoms with Crippen molar-refractivity contribution in [2.75, 3.05) is 18.6 Å². The van der Waals surface area contributed by atoms with E-state index in [-0.39, 0.29) is 0 Å². The largest absolute Gasteiger partial charge is 0.496 e. The van der Waals surface area contributed by atoms with Gasteiger partial charge in [-0.25, -0.2) is 0 Å². The van der Waals surface area contributed by atoms with Gasteiger partial charge in [0.15, 0.2) is 0 Å². The van der Waals surface area contributed by atoms with Gasteiger partial charge in [-0.05, 0) is 68.1 Å². The molecule has 0 spiro atoms. The first-order chi connectivity index (χ1) is 9.97. The summed E-state index contributed by atoms with van der Waals surface area (Å²) in [6.07, 6.45) is 5.65. The molecule has 0 aliphatic carbocycles. The molecule has 1 rings (SSSR count). The molecule has 1 aromatic carbocycles. The van der Waals surface area contributed by atoms with Crippen LogP contribution in [0.1, 0.15) is 42.0 Å². The van der Waals surface area contributed by atoms with E-state index in [4.69, 9.17) is 9.47 Å². The molecular weight excluding hydrogens is 375 g/mol. The van der Waals surface area contributed by atoms with Crippen LogP contribution in [0.2, 0.25) is 0 Å². The van der Waals surface area contributed by atoms with Crippen LogP contribution >= 0.6 is 22.6 Å². The van der Waals surface area contributed by atoms with E-state index in [2.05, 4.69) is 56.4 Å². The second kappa shape index (κ2) is 8.66. The van der Waals surface area contributed by atoms with Crippen LogP contribution in [0.5, 0.6) is 11.5 Å². The maximum Gasteiger partial charge on any atom is 0.126 e. The minimum absolute atomic E-state index is 0.902. The number of alkyl halides is 1. The summed E-state index contributed by atoms with van der Waals surface area (Å²) in [5.41, 5.74) is 6.22. The summed E-state index contributed by atoms with van der Waals surface area (Å²) in [5, 5.41) is 0. The molecule has 0 aromatic heterocycles. The van der Waals surface area contributed by atoms with Crippen molar-refractivity contribution in [2.45, 2.75) is 47.0 Å². The lowest BCUT2D eigenvalue weighted by molar-refractivity contribution is 0.391. The van der Waals surface area contributed by atoms with E-state index < -0.39 is 0 Å². The van der Waals surface area contributed by atoms with Gasteiger partial charge in [-0.2, -0.15) is 0 Å². The zero-order valence-corrected chi connectivity index (χ0v) is 16.3. The van der Waals surface area contributed by atoms with Crippen LogP contribution in [0.3, 0.4) is 0 Å². The minimum Gasteiger partial charge on any atom is -0.496 e. The highest BCUT2D eigenvalue weighted by atomic mass is 127. The van der Waals surface area contributed by atoms with E-state index in [0.717, 1.165) is 17.9 Å². The number of hydrogen-bond acceptors (Lipinski definition) is 2. The average molecular weight is 402 g/mol. The van der Waals surface area contributed by atoms with E-state index in [1.54, 1.807) is 14.2 Å². The highest BCUT2D eigenvalue weighted by Gasteiger charge is 2.17. The van der Waals surface area contributed by atoms with Gasteiger partial charge in [-0.1, -0.05) is 34.2 Å². The maximum absolute atomic E-state index is 5.66. The Hall–Kier alpha value is -0.710. The molecule has 0 radical (unpaired) electrons. The molecule has 0 amide bonds.